The molecule has 0 spiro atoms. The van der Waals surface area contributed by atoms with Gasteiger partial charge in [-0.05, 0) is 36.8 Å². The average Bonchev–Trinajstić information content (AvgIpc) is 3.34. The molecule has 4 aromatic rings. The average molecular weight is 424 g/mol. The molecule has 2 aromatic heterocycles. The number of fused-ring (bicyclic) bond motifs is 1. The summed E-state index contributed by atoms with van der Waals surface area (Å²) in [5.41, 5.74) is 2.39. The lowest BCUT2D eigenvalue weighted by Crippen LogP contribution is -2.15. The number of anilines is 1. The number of hydrogen-bond donors (Lipinski definition) is 2. The topological polar surface area (TPSA) is 97.1 Å². The van der Waals surface area contributed by atoms with E-state index in [4.69, 9.17) is 5.11 Å². The maximum absolute atomic E-state index is 13.7. The number of carboxylic acid groups (broad SMARTS) is 1. The number of para-hydroxylation sites is 2. The number of carbonyl (C=O) groups excluding carboxylic acids is 1. The van der Waals surface area contributed by atoms with Gasteiger partial charge in [-0.15, -0.1) is 11.3 Å². The van der Waals surface area contributed by atoms with Crippen LogP contribution >= 0.6 is 11.3 Å². The summed E-state index contributed by atoms with van der Waals surface area (Å²) in [5, 5.41) is 13.8. The summed E-state index contributed by atoms with van der Waals surface area (Å²) in [7, 11) is 0. The summed E-state index contributed by atoms with van der Waals surface area (Å²) in [4.78, 5) is 32.3. The SMILES string of the molecule is Cc1ccc(NC(=O)CCn2c(-c3nc(C(=O)O)cs3)nc3ccccc32)cc1F. The van der Waals surface area contributed by atoms with E-state index in [1.807, 2.05) is 28.8 Å². The first-order valence-electron chi connectivity index (χ1n) is 9.13. The minimum atomic E-state index is -1.11. The summed E-state index contributed by atoms with van der Waals surface area (Å²) >= 11 is 1.18. The second-order valence-electron chi connectivity index (χ2n) is 6.68. The van der Waals surface area contributed by atoms with Crippen LogP contribution in [0.15, 0.2) is 47.8 Å². The Balaban J connectivity index is 1.58. The summed E-state index contributed by atoms with van der Waals surface area (Å²) in [6.45, 7) is 1.96. The van der Waals surface area contributed by atoms with E-state index in [0.29, 0.717) is 28.6 Å². The van der Waals surface area contributed by atoms with Gasteiger partial charge in [0.05, 0.1) is 11.0 Å². The lowest BCUT2D eigenvalue weighted by Gasteiger charge is -2.09. The molecule has 1 amide bonds. The zero-order chi connectivity index (χ0) is 21.3. The molecule has 0 saturated carbocycles. The highest BCUT2D eigenvalue weighted by molar-refractivity contribution is 7.13. The Kier molecular flexibility index (Phi) is 5.28. The number of thiazole rings is 1. The molecule has 0 radical (unpaired) electrons. The van der Waals surface area contributed by atoms with Crippen molar-refractivity contribution in [2.75, 3.05) is 5.32 Å². The number of rotatable bonds is 6. The van der Waals surface area contributed by atoms with Crippen molar-refractivity contribution in [2.24, 2.45) is 0 Å². The third-order valence-corrected chi connectivity index (χ3v) is 5.43. The highest BCUT2D eigenvalue weighted by Gasteiger charge is 2.18. The molecule has 7 nitrogen and oxygen atoms in total. The van der Waals surface area contributed by atoms with Crippen molar-refractivity contribution < 1.29 is 19.1 Å². The zero-order valence-electron chi connectivity index (χ0n) is 15.9. The van der Waals surface area contributed by atoms with Crippen molar-refractivity contribution in [3.05, 3.63) is 64.9 Å². The quantitative estimate of drug-likeness (QED) is 0.480. The van der Waals surface area contributed by atoms with Crippen molar-refractivity contribution in [1.29, 1.82) is 0 Å². The number of nitrogens with zero attached hydrogens (tertiary/aromatic N) is 3. The van der Waals surface area contributed by atoms with Crippen molar-refractivity contribution in [2.45, 2.75) is 19.9 Å². The van der Waals surface area contributed by atoms with Crippen LogP contribution < -0.4 is 5.32 Å². The van der Waals surface area contributed by atoms with Crippen LogP contribution in [0, 0.1) is 12.7 Å². The lowest BCUT2D eigenvalue weighted by molar-refractivity contribution is -0.116. The first-order chi connectivity index (χ1) is 14.4. The highest BCUT2D eigenvalue weighted by atomic mass is 32.1. The van der Waals surface area contributed by atoms with Gasteiger partial charge in [-0.3, -0.25) is 4.79 Å². The molecular formula is C21H17FN4O3S. The number of amides is 1. The first-order valence-corrected chi connectivity index (χ1v) is 10.0. The fraction of sp³-hybridized carbons (Fsp3) is 0.143. The molecule has 0 atom stereocenters. The Morgan fingerprint density at radius 2 is 2.00 bits per heavy atom. The molecule has 4 rings (SSSR count). The van der Waals surface area contributed by atoms with Gasteiger partial charge in [-0.1, -0.05) is 18.2 Å². The number of carboxylic acids is 1. The predicted octanol–water partition coefficient (Wildman–Crippen LogP) is 4.33. The van der Waals surface area contributed by atoms with E-state index >= 15 is 0 Å². The van der Waals surface area contributed by atoms with Gasteiger partial charge in [0.2, 0.25) is 5.91 Å². The Morgan fingerprint density at radius 1 is 1.20 bits per heavy atom. The highest BCUT2D eigenvalue weighted by Crippen LogP contribution is 2.28. The van der Waals surface area contributed by atoms with Gasteiger partial charge in [-0.2, -0.15) is 0 Å². The molecule has 2 heterocycles. The van der Waals surface area contributed by atoms with E-state index in [0.717, 1.165) is 11.0 Å². The number of carbonyl (C=O) groups is 2. The standard InChI is InChI=1S/C21H17FN4O3S/c1-12-6-7-13(10-14(12)22)23-18(27)8-9-26-17-5-3-2-4-15(17)24-19(26)20-25-16(11-30-20)21(28)29/h2-7,10-11H,8-9H2,1H3,(H,23,27)(H,28,29). The van der Waals surface area contributed by atoms with Gasteiger partial charge in [0.25, 0.3) is 0 Å². The van der Waals surface area contributed by atoms with Gasteiger partial charge in [0.15, 0.2) is 16.5 Å². The van der Waals surface area contributed by atoms with Crippen LogP contribution in [0.4, 0.5) is 10.1 Å². The number of benzene rings is 2. The molecule has 0 aliphatic carbocycles. The summed E-state index contributed by atoms with van der Waals surface area (Å²) in [5.74, 6) is -1.26. The second kappa shape index (κ2) is 8.03. The molecule has 30 heavy (non-hydrogen) atoms. The van der Waals surface area contributed by atoms with E-state index in [1.54, 1.807) is 19.1 Å². The van der Waals surface area contributed by atoms with E-state index < -0.39 is 5.97 Å². The molecule has 0 fully saturated rings. The lowest BCUT2D eigenvalue weighted by atomic mass is 10.2. The Morgan fingerprint density at radius 3 is 2.73 bits per heavy atom. The van der Waals surface area contributed by atoms with Crippen molar-refractivity contribution in [3.8, 4) is 10.8 Å². The Labute approximate surface area is 174 Å². The van der Waals surface area contributed by atoms with Crippen LogP contribution in [0.25, 0.3) is 21.9 Å². The Bertz CT molecular complexity index is 1260. The van der Waals surface area contributed by atoms with Gasteiger partial charge >= 0.3 is 5.97 Å². The fourth-order valence-electron chi connectivity index (χ4n) is 3.05. The van der Waals surface area contributed by atoms with Crippen LogP contribution in [-0.2, 0) is 11.3 Å². The van der Waals surface area contributed by atoms with E-state index in [9.17, 15) is 14.0 Å². The fourth-order valence-corrected chi connectivity index (χ4v) is 3.84. The molecule has 0 unspecified atom stereocenters. The monoisotopic (exact) mass is 424 g/mol. The maximum Gasteiger partial charge on any atom is 0.355 e. The molecule has 2 aromatic carbocycles. The number of halogens is 1. The second-order valence-corrected chi connectivity index (χ2v) is 7.54. The Hall–Kier alpha value is -3.59. The van der Waals surface area contributed by atoms with Crippen LogP contribution in [-0.4, -0.2) is 31.5 Å². The largest absolute Gasteiger partial charge is 0.476 e. The summed E-state index contributed by atoms with van der Waals surface area (Å²) in [6.07, 6.45) is 0.125. The van der Waals surface area contributed by atoms with Gasteiger partial charge < -0.3 is 15.0 Å². The molecule has 152 valence electrons. The van der Waals surface area contributed by atoms with Gasteiger partial charge in [0.1, 0.15) is 5.82 Å². The predicted molar refractivity (Wildman–Crippen MR) is 112 cm³/mol. The third-order valence-electron chi connectivity index (χ3n) is 4.59. The summed E-state index contributed by atoms with van der Waals surface area (Å²) in [6, 6.07) is 12.0. The first kappa shape index (κ1) is 19.7. The molecule has 0 saturated heterocycles. The molecule has 9 heteroatoms. The number of imidazole rings is 1. The van der Waals surface area contributed by atoms with E-state index in [-0.39, 0.29) is 23.8 Å². The maximum atomic E-state index is 13.7. The van der Waals surface area contributed by atoms with Crippen LogP contribution in [0.1, 0.15) is 22.5 Å². The smallest absolute Gasteiger partial charge is 0.355 e. The number of aromatic nitrogens is 3. The van der Waals surface area contributed by atoms with Crippen molar-refractivity contribution in [1.82, 2.24) is 14.5 Å². The van der Waals surface area contributed by atoms with Gasteiger partial charge in [0, 0.05) is 24.0 Å². The minimum Gasteiger partial charge on any atom is -0.476 e. The number of aromatic carboxylic acids is 1. The number of hydrogen-bond acceptors (Lipinski definition) is 5. The zero-order valence-corrected chi connectivity index (χ0v) is 16.7. The van der Waals surface area contributed by atoms with Crippen molar-refractivity contribution in [3.63, 3.8) is 0 Å². The normalized spacial score (nSPS) is 11.0. The number of nitrogens with one attached hydrogen (secondary N) is 1. The molecule has 0 bridgehead atoms. The molecule has 0 aliphatic heterocycles. The van der Waals surface area contributed by atoms with Crippen LogP contribution in [0.3, 0.4) is 0 Å². The van der Waals surface area contributed by atoms with Crippen molar-refractivity contribution >= 4 is 39.9 Å². The van der Waals surface area contributed by atoms with Crippen LogP contribution in [0.5, 0.6) is 0 Å². The van der Waals surface area contributed by atoms with E-state index in [1.165, 1.54) is 22.8 Å². The summed E-state index contributed by atoms with van der Waals surface area (Å²) < 4.78 is 15.5. The number of aryl methyl sites for hydroxylation is 2. The molecule has 0 aliphatic rings. The minimum absolute atomic E-state index is 0.0484. The molecular weight excluding hydrogens is 407 g/mol. The third kappa shape index (κ3) is 3.92. The van der Waals surface area contributed by atoms with Gasteiger partial charge in [-0.25, -0.2) is 19.2 Å². The van der Waals surface area contributed by atoms with E-state index in [2.05, 4.69) is 15.3 Å². The van der Waals surface area contributed by atoms with Crippen LogP contribution in [0.2, 0.25) is 0 Å². The molecule has 2 N–H and O–H groups in total.